The summed E-state index contributed by atoms with van der Waals surface area (Å²) in [5.74, 6) is 0.224. The lowest BCUT2D eigenvalue weighted by atomic mass is 10.0. The van der Waals surface area contributed by atoms with Crippen molar-refractivity contribution >= 4 is 29.9 Å². The number of rotatable bonds is 10. The molecular weight excluding hydrogens is 492 g/mol. The molecule has 0 heterocycles. The molecule has 6 nitrogen and oxygen atoms in total. The molecule has 0 atom stereocenters. The predicted molar refractivity (Wildman–Crippen MR) is 156 cm³/mol. The summed E-state index contributed by atoms with van der Waals surface area (Å²) >= 11 is 4.29. The van der Waals surface area contributed by atoms with Gasteiger partial charge in [0.25, 0.3) is 5.91 Å². The molecule has 0 fully saturated rings. The van der Waals surface area contributed by atoms with E-state index in [1.165, 1.54) is 0 Å². The van der Waals surface area contributed by atoms with Gasteiger partial charge in [-0.15, -0.1) is 12.6 Å². The highest BCUT2D eigenvalue weighted by Crippen LogP contribution is 2.23. The van der Waals surface area contributed by atoms with Crippen molar-refractivity contribution < 1.29 is 9.90 Å². The summed E-state index contributed by atoms with van der Waals surface area (Å²) in [5.41, 5.74) is 6.05. The van der Waals surface area contributed by atoms with Crippen LogP contribution >= 0.6 is 12.6 Å². The summed E-state index contributed by atoms with van der Waals surface area (Å²) in [6, 6.07) is 30.3. The first-order valence-electron chi connectivity index (χ1n) is 12.5. The number of likely N-dealkylation sites (N-methyl/N-ethyl adjacent to an activating group) is 1. The smallest absolute Gasteiger partial charge is 0.253 e. The third-order valence-corrected chi connectivity index (χ3v) is 6.55. The maximum absolute atomic E-state index is 13.0. The Balaban J connectivity index is 1.27. The minimum absolute atomic E-state index is 0.00401. The van der Waals surface area contributed by atoms with Crippen LogP contribution in [0.15, 0.2) is 95.9 Å². The molecule has 7 heteroatoms. The molecule has 0 aliphatic carbocycles. The monoisotopic (exact) mass is 522 g/mol. The van der Waals surface area contributed by atoms with Crippen LogP contribution in [0.25, 0.3) is 11.1 Å². The van der Waals surface area contributed by atoms with Crippen LogP contribution in [-0.2, 0) is 6.54 Å². The maximum Gasteiger partial charge on any atom is 0.253 e. The van der Waals surface area contributed by atoms with Crippen LogP contribution in [0.5, 0.6) is 5.75 Å². The molecule has 0 bridgehead atoms. The molecule has 0 unspecified atom stereocenters. The first-order chi connectivity index (χ1) is 18.5. The number of nitriles is 1. The Morgan fingerprint density at radius 2 is 1.58 bits per heavy atom. The molecular formula is C31H30N4O2S. The largest absolute Gasteiger partial charge is 0.508 e. The van der Waals surface area contributed by atoms with Crippen molar-refractivity contribution in [3.8, 4) is 22.9 Å². The average molecular weight is 523 g/mol. The van der Waals surface area contributed by atoms with E-state index >= 15 is 0 Å². The number of nitrogens with zero attached hydrogens (tertiary/aromatic N) is 2. The summed E-state index contributed by atoms with van der Waals surface area (Å²) in [7, 11) is 0. The number of nitrogens with one attached hydrogen (secondary N) is 2. The summed E-state index contributed by atoms with van der Waals surface area (Å²) < 4.78 is 0. The Labute approximate surface area is 229 Å². The van der Waals surface area contributed by atoms with Crippen LogP contribution < -0.4 is 10.6 Å². The lowest BCUT2D eigenvalue weighted by Crippen LogP contribution is -2.34. The molecule has 0 aliphatic heterocycles. The van der Waals surface area contributed by atoms with Crippen LogP contribution in [0.2, 0.25) is 0 Å². The SMILES string of the molecule is CCN(CCNc1ccc(CNc2ccc(S)cc2C#N)cc1)C(=O)c1ccc(-c2ccc(O)cc2)cc1. The van der Waals surface area contributed by atoms with Gasteiger partial charge in [0.15, 0.2) is 0 Å². The Bertz CT molecular complexity index is 1410. The topological polar surface area (TPSA) is 88.4 Å². The van der Waals surface area contributed by atoms with Crippen LogP contribution in [-0.4, -0.2) is 35.5 Å². The molecule has 3 N–H and O–H groups in total. The quantitative estimate of drug-likeness (QED) is 0.181. The zero-order chi connectivity index (χ0) is 26.9. The molecule has 0 radical (unpaired) electrons. The molecule has 0 saturated carbocycles. The van der Waals surface area contributed by atoms with Crippen molar-refractivity contribution in [2.45, 2.75) is 18.4 Å². The fourth-order valence-corrected chi connectivity index (χ4v) is 4.30. The second kappa shape index (κ2) is 12.7. The highest BCUT2D eigenvalue weighted by molar-refractivity contribution is 7.80. The first kappa shape index (κ1) is 26.6. The minimum Gasteiger partial charge on any atom is -0.508 e. The van der Waals surface area contributed by atoms with Gasteiger partial charge in [-0.05, 0) is 78.2 Å². The van der Waals surface area contributed by atoms with Gasteiger partial charge < -0.3 is 20.6 Å². The average Bonchev–Trinajstić information content (AvgIpc) is 2.95. The zero-order valence-electron chi connectivity index (χ0n) is 21.2. The number of amides is 1. The number of anilines is 2. The number of phenolic OH excluding ortho intramolecular Hbond substituents is 1. The van der Waals surface area contributed by atoms with Gasteiger partial charge in [-0.25, -0.2) is 0 Å². The molecule has 0 aliphatic rings. The lowest BCUT2D eigenvalue weighted by Gasteiger charge is -2.21. The first-order valence-corrected chi connectivity index (χ1v) is 12.9. The van der Waals surface area contributed by atoms with Crippen LogP contribution in [0, 0.1) is 11.3 Å². The number of thiol groups is 1. The highest BCUT2D eigenvalue weighted by atomic mass is 32.1. The molecule has 1 amide bonds. The Hall–Kier alpha value is -4.41. The standard InChI is InChI=1S/C31H30N4O2S/c1-2-35(31(37)25-7-5-23(6-8-25)24-9-13-28(36)14-10-24)18-17-33-27-11-3-22(4-12-27)21-34-30-16-15-29(38)19-26(30)20-32/h3-16,19,33-34,36,38H,2,17-18,21H2,1H3. The van der Waals surface area contributed by atoms with E-state index in [1.807, 2.05) is 84.6 Å². The molecule has 0 saturated heterocycles. The van der Waals surface area contributed by atoms with Gasteiger partial charge in [0, 0.05) is 42.3 Å². The van der Waals surface area contributed by atoms with Crippen LogP contribution in [0.1, 0.15) is 28.4 Å². The van der Waals surface area contributed by atoms with E-state index in [0.717, 1.165) is 33.0 Å². The number of carbonyl (C=O) groups excluding carboxylic acids is 1. The van der Waals surface area contributed by atoms with Crippen molar-refractivity contribution in [3.63, 3.8) is 0 Å². The van der Waals surface area contributed by atoms with Gasteiger partial charge in [0.1, 0.15) is 11.8 Å². The second-order valence-electron chi connectivity index (χ2n) is 8.83. The molecule has 192 valence electrons. The van der Waals surface area contributed by atoms with Gasteiger partial charge in [-0.3, -0.25) is 4.79 Å². The molecule has 4 aromatic carbocycles. The Morgan fingerprint density at radius 1 is 0.921 bits per heavy atom. The number of aromatic hydroxyl groups is 1. The van der Waals surface area contributed by atoms with E-state index in [-0.39, 0.29) is 11.7 Å². The molecule has 4 aromatic rings. The Kier molecular flexibility index (Phi) is 8.91. The van der Waals surface area contributed by atoms with Gasteiger partial charge in [0.2, 0.25) is 0 Å². The summed E-state index contributed by atoms with van der Waals surface area (Å²) in [6.07, 6.45) is 0. The third kappa shape index (κ3) is 6.87. The maximum atomic E-state index is 13.0. The number of carbonyl (C=O) groups is 1. The van der Waals surface area contributed by atoms with E-state index < -0.39 is 0 Å². The van der Waals surface area contributed by atoms with Crippen molar-refractivity contribution in [3.05, 3.63) is 108 Å². The molecule has 0 spiro atoms. The zero-order valence-corrected chi connectivity index (χ0v) is 22.1. The third-order valence-electron chi connectivity index (χ3n) is 6.27. The summed E-state index contributed by atoms with van der Waals surface area (Å²) in [6.45, 7) is 4.40. The normalized spacial score (nSPS) is 10.4. The van der Waals surface area contributed by atoms with Crippen molar-refractivity contribution in [2.75, 3.05) is 30.3 Å². The lowest BCUT2D eigenvalue weighted by molar-refractivity contribution is 0.0770. The summed E-state index contributed by atoms with van der Waals surface area (Å²) in [5, 5.41) is 25.5. The number of benzene rings is 4. The molecule has 0 aromatic heterocycles. The van der Waals surface area contributed by atoms with E-state index in [2.05, 4.69) is 29.3 Å². The van der Waals surface area contributed by atoms with E-state index in [9.17, 15) is 15.2 Å². The van der Waals surface area contributed by atoms with E-state index in [0.29, 0.717) is 37.3 Å². The minimum atomic E-state index is -0.00401. The second-order valence-corrected chi connectivity index (χ2v) is 9.34. The number of phenols is 1. The van der Waals surface area contributed by atoms with Crippen molar-refractivity contribution in [2.24, 2.45) is 0 Å². The van der Waals surface area contributed by atoms with Gasteiger partial charge >= 0.3 is 0 Å². The van der Waals surface area contributed by atoms with Crippen molar-refractivity contribution in [1.82, 2.24) is 4.90 Å². The predicted octanol–water partition coefficient (Wildman–Crippen LogP) is 6.41. The van der Waals surface area contributed by atoms with E-state index in [1.54, 1.807) is 18.2 Å². The van der Waals surface area contributed by atoms with Gasteiger partial charge in [-0.2, -0.15) is 5.26 Å². The van der Waals surface area contributed by atoms with Crippen molar-refractivity contribution in [1.29, 1.82) is 5.26 Å². The van der Waals surface area contributed by atoms with E-state index in [4.69, 9.17) is 0 Å². The Morgan fingerprint density at radius 3 is 2.21 bits per heavy atom. The summed E-state index contributed by atoms with van der Waals surface area (Å²) in [4.78, 5) is 15.6. The number of hydrogen-bond acceptors (Lipinski definition) is 6. The fourth-order valence-electron chi connectivity index (χ4n) is 4.10. The molecule has 38 heavy (non-hydrogen) atoms. The highest BCUT2D eigenvalue weighted by Gasteiger charge is 2.14. The number of hydrogen-bond donors (Lipinski definition) is 4. The fraction of sp³-hybridized carbons (Fsp3) is 0.161. The van der Waals surface area contributed by atoms with Gasteiger partial charge in [-0.1, -0.05) is 36.4 Å². The van der Waals surface area contributed by atoms with Crippen LogP contribution in [0.4, 0.5) is 11.4 Å². The van der Waals surface area contributed by atoms with Crippen LogP contribution in [0.3, 0.4) is 0 Å². The molecule has 4 rings (SSSR count). The van der Waals surface area contributed by atoms with Gasteiger partial charge in [0.05, 0.1) is 11.3 Å².